The van der Waals surface area contributed by atoms with E-state index >= 15 is 0 Å². The lowest BCUT2D eigenvalue weighted by Gasteiger charge is -1.98. The van der Waals surface area contributed by atoms with Crippen molar-refractivity contribution in [2.24, 2.45) is 0 Å². The lowest BCUT2D eigenvalue weighted by Crippen LogP contribution is -1.91. The number of aromatic nitrogens is 2. The first-order valence-electron chi connectivity index (χ1n) is 4.97. The highest BCUT2D eigenvalue weighted by atomic mass is 19.1. The summed E-state index contributed by atoms with van der Waals surface area (Å²) in [5, 5.41) is 3.77. The van der Waals surface area contributed by atoms with Crippen molar-refractivity contribution in [2.75, 3.05) is 5.73 Å². The first-order valence-corrected chi connectivity index (χ1v) is 4.97. The van der Waals surface area contributed by atoms with Crippen LogP contribution in [0.4, 0.5) is 10.1 Å². The van der Waals surface area contributed by atoms with Crippen LogP contribution in [0, 0.1) is 5.82 Å². The molecule has 0 spiro atoms. The Bertz CT molecular complexity index is 508. The van der Waals surface area contributed by atoms with E-state index in [2.05, 4.69) is 10.1 Å². The summed E-state index contributed by atoms with van der Waals surface area (Å²) in [6, 6.07) is 4.36. The summed E-state index contributed by atoms with van der Waals surface area (Å²) >= 11 is 0. The predicted molar refractivity (Wildman–Crippen MR) is 58.2 cm³/mol. The van der Waals surface area contributed by atoms with E-state index in [9.17, 15) is 4.39 Å². The van der Waals surface area contributed by atoms with E-state index in [0.29, 0.717) is 11.5 Å². The molecule has 4 nitrogen and oxygen atoms in total. The van der Waals surface area contributed by atoms with Crippen LogP contribution in [0.2, 0.25) is 0 Å². The van der Waals surface area contributed by atoms with E-state index in [1.807, 2.05) is 13.8 Å². The van der Waals surface area contributed by atoms with Gasteiger partial charge in [0.25, 0.3) is 5.89 Å². The second-order valence-corrected chi connectivity index (χ2v) is 3.85. The van der Waals surface area contributed by atoms with Crippen LogP contribution in [0.15, 0.2) is 22.7 Å². The van der Waals surface area contributed by atoms with Gasteiger partial charge in [-0.15, -0.1) is 0 Å². The summed E-state index contributed by atoms with van der Waals surface area (Å²) in [5.74, 6) is 0.431. The molecule has 2 N–H and O–H groups in total. The smallest absolute Gasteiger partial charge is 0.260 e. The number of rotatable bonds is 2. The number of hydrogen-bond acceptors (Lipinski definition) is 4. The molecule has 0 aliphatic rings. The van der Waals surface area contributed by atoms with E-state index in [-0.39, 0.29) is 17.4 Å². The average Bonchev–Trinajstić information content (AvgIpc) is 2.66. The summed E-state index contributed by atoms with van der Waals surface area (Å²) in [4.78, 5) is 4.11. The van der Waals surface area contributed by atoms with Crippen LogP contribution in [0.25, 0.3) is 11.5 Å². The second-order valence-electron chi connectivity index (χ2n) is 3.85. The highest BCUT2D eigenvalue weighted by Gasteiger charge is 2.14. The number of nitrogens with two attached hydrogens (primary N) is 1. The molecule has 2 aromatic rings. The number of hydrogen-bond donors (Lipinski definition) is 1. The summed E-state index contributed by atoms with van der Waals surface area (Å²) in [7, 11) is 0. The van der Waals surface area contributed by atoms with Crippen molar-refractivity contribution in [2.45, 2.75) is 19.8 Å². The molecule has 5 heteroatoms. The molecule has 2 rings (SSSR count). The minimum Gasteiger partial charge on any atom is -0.399 e. The van der Waals surface area contributed by atoms with Gasteiger partial charge in [-0.1, -0.05) is 19.0 Å². The van der Waals surface area contributed by atoms with Crippen molar-refractivity contribution < 1.29 is 8.91 Å². The van der Waals surface area contributed by atoms with Crippen LogP contribution >= 0.6 is 0 Å². The Kier molecular flexibility index (Phi) is 2.60. The number of nitrogen functional groups attached to an aromatic ring is 1. The van der Waals surface area contributed by atoms with Crippen LogP contribution in [0.3, 0.4) is 0 Å². The van der Waals surface area contributed by atoms with Crippen molar-refractivity contribution in [3.05, 3.63) is 29.8 Å². The zero-order valence-electron chi connectivity index (χ0n) is 9.07. The third-order valence-corrected chi connectivity index (χ3v) is 2.18. The van der Waals surface area contributed by atoms with E-state index in [0.717, 1.165) is 0 Å². The molecular formula is C11H12FN3O. The molecule has 84 valence electrons. The largest absolute Gasteiger partial charge is 0.399 e. The van der Waals surface area contributed by atoms with Crippen LogP contribution in [-0.2, 0) is 0 Å². The second kappa shape index (κ2) is 3.92. The van der Waals surface area contributed by atoms with E-state index in [4.69, 9.17) is 10.3 Å². The van der Waals surface area contributed by atoms with E-state index in [1.165, 1.54) is 12.1 Å². The fourth-order valence-electron chi connectivity index (χ4n) is 1.28. The maximum absolute atomic E-state index is 13.5. The van der Waals surface area contributed by atoms with Crippen molar-refractivity contribution >= 4 is 5.69 Å². The number of nitrogens with zero attached hydrogens (tertiary/aromatic N) is 2. The maximum atomic E-state index is 13.5. The molecule has 0 saturated carbocycles. The quantitative estimate of drug-likeness (QED) is 0.791. The van der Waals surface area contributed by atoms with Crippen molar-refractivity contribution in [3.63, 3.8) is 0 Å². The molecule has 1 heterocycles. The normalized spacial score (nSPS) is 11.0. The third kappa shape index (κ3) is 1.88. The molecule has 0 atom stereocenters. The third-order valence-electron chi connectivity index (χ3n) is 2.18. The lowest BCUT2D eigenvalue weighted by atomic mass is 10.2. The van der Waals surface area contributed by atoms with Gasteiger partial charge in [0.05, 0.1) is 5.56 Å². The molecule has 16 heavy (non-hydrogen) atoms. The Morgan fingerprint density at radius 2 is 2.12 bits per heavy atom. The molecular weight excluding hydrogens is 209 g/mol. The number of benzene rings is 1. The van der Waals surface area contributed by atoms with E-state index < -0.39 is 5.82 Å². The molecule has 0 bridgehead atoms. The molecule has 0 radical (unpaired) electrons. The van der Waals surface area contributed by atoms with Gasteiger partial charge in [0.15, 0.2) is 5.82 Å². The van der Waals surface area contributed by atoms with Crippen LogP contribution in [0.1, 0.15) is 25.6 Å². The van der Waals surface area contributed by atoms with Crippen molar-refractivity contribution in [1.82, 2.24) is 10.1 Å². The fraction of sp³-hybridized carbons (Fsp3) is 0.273. The molecule has 1 aromatic carbocycles. The van der Waals surface area contributed by atoms with Crippen LogP contribution in [0.5, 0.6) is 0 Å². The molecule has 0 amide bonds. The van der Waals surface area contributed by atoms with Gasteiger partial charge in [0, 0.05) is 11.6 Å². The van der Waals surface area contributed by atoms with Gasteiger partial charge in [0.2, 0.25) is 0 Å². The maximum Gasteiger partial charge on any atom is 0.260 e. The van der Waals surface area contributed by atoms with Gasteiger partial charge in [-0.05, 0) is 18.2 Å². The SMILES string of the molecule is CC(C)c1noc(-c2ccc(N)cc2F)n1. The monoisotopic (exact) mass is 221 g/mol. The van der Waals surface area contributed by atoms with Crippen molar-refractivity contribution in [1.29, 1.82) is 0 Å². The summed E-state index contributed by atoms with van der Waals surface area (Å²) < 4.78 is 18.5. The summed E-state index contributed by atoms with van der Waals surface area (Å²) in [6.45, 7) is 3.88. The first kappa shape index (κ1) is 10.6. The fourth-order valence-corrected chi connectivity index (χ4v) is 1.28. The predicted octanol–water partition coefficient (Wildman–Crippen LogP) is 2.58. The number of anilines is 1. The summed E-state index contributed by atoms with van der Waals surface area (Å²) in [6.07, 6.45) is 0. The average molecular weight is 221 g/mol. The van der Waals surface area contributed by atoms with Crippen LogP contribution < -0.4 is 5.73 Å². The number of halogens is 1. The Morgan fingerprint density at radius 1 is 1.38 bits per heavy atom. The molecule has 1 aromatic heterocycles. The summed E-state index contributed by atoms with van der Waals surface area (Å²) in [5.41, 5.74) is 6.09. The highest BCUT2D eigenvalue weighted by Crippen LogP contribution is 2.24. The van der Waals surface area contributed by atoms with Crippen LogP contribution in [-0.4, -0.2) is 10.1 Å². The minimum atomic E-state index is -0.459. The standard InChI is InChI=1S/C11H12FN3O/c1-6(2)10-14-11(16-15-10)8-4-3-7(13)5-9(8)12/h3-6H,13H2,1-2H3. The highest BCUT2D eigenvalue weighted by molar-refractivity contribution is 5.58. The van der Waals surface area contributed by atoms with E-state index in [1.54, 1.807) is 6.07 Å². The van der Waals surface area contributed by atoms with Gasteiger partial charge >= 0.3 is 0 Å². The molecule has 0 saturated heterocycles. The van der Waals surface area contributed by atoms with Gasteiger partial charge < -0.3 is 10.3 Å². The minimum absolute atomic E-state index is 0.148. The van der Waals surface area contributed by atoms with Gasteiger partial charge in [0.1, 0.15) is 5.82 Å². The Labute approximate surface area is 92.3 Å². The lowest BCUT2D eigenvalue weighted by molar-refractivity contribution is 0.417. The molecule has 0 unspecified atom stereocenters. The zero-order chi connectivity index (χ0) is 11.7. The van der Waals surface area contributed by atoms with Gasteiger partial charge in [-0.2, -0.15) is 4.98 Å². The Hall–Kier alpha value is -1.91. The Balaban J connectivity index is 2.42. The molecule has 0 aliphatic heterocycles. The van der Waals surface area contributed by atoms with Gasteiger partial charge in [-0.25, -0.2) is 4.39 Å². The van der Waals surface area contributed by atoms with Gasteiger partial charge in [-0.3, -0.25) is 0 Å². The van der Waals surface area contributed by atoms with Crippen molar-refractivity contribution in [3.8, 4) is 11.5 Å². The first-order chi connectivity index (χ1) is 7.58. The zero-order valence-corrected chi connectivity index (χ0v) is 9.07. The Morgan fingerprint density at radius 3 is 2.69 bits per heavy atom. The molecule has 0 fully saturated rings. The molecule has 0 aliphatic carbocycles. The topological polar surface area (TPSA) is 64.9 Å².